The van der Waals surface area contributed by atoms with Gasteiger partial charge in [0, 0.05) is 11.1 Å². The fourth-order valence-electron chi connectivity index (χ4n) is 2.73. The first-order valence-corrected chi connectivity index (χ1v) is 8.90. The van der Waals surface area contributed by atoms with Crippen LogP contribution < -0.4 is 15.4 Å². The number of methoxy groups -OCH3 is 1. The highest BCUT2D eigenvalue weighted by Crippen LogP contribution is 2.26. The van der Waals surface area contributed by atoms with E-state index < -0.39 is 0 Å². The molecule has 5 heteroatoms. The zero-order valence-electron chi connectivity index (χ0n) is 15.2. The van der Waals surface area contributed by atoms with Crippen molar-refractivity contribution in [3.63, 3.8) is 0 Å². The van der Waals surface area contributed by atoms with Crippen molar-refractivity contribution in [3.05, 3.63) is 89.5 Å². The largest absolute Gasteiger partial charge is 0.495 e. The zero-order valence-corrected chi connectivity index (χ0v) is 16.0. The second-order valence-corrected chi connectivity index (χ2v) is 6.43. The normalized spacial score (nSPS) is 10.1. The highest BCUT2D eigenvalue weighted by atomic mass is 32.1. The van der Waals surface area contributed by atoms with Crippen LogP contribution in [0.25, 0.3) is 0 Å². The molecule has 0 saturated heterocycles. The van der Waals surface area contributed by atoms with Gasteiger partial charge in [0.2, 0.25) is 0 Å². The Balaban J connectivity index is 1.81. The number of thiocarbonyl (C=S) groups is 1. The topological polar surface area (TPSA) is 50.4 Å². The second-order valence-electron chi connectivity index (χ2n) is 6.02. The quantitative estimate of drug-likeness (QED) is 0.482. The molecule has 0 fully saturated rings. The number of hydrogen-bond donors (Lipinski definition) is 2. The van der Waals surface area contributed by atoms with Crippen molar-refractivity contribution in [3.8, 4) is 5.75 Å². The average Bonchev–Trinajstić information content (AvgIpc) is 2.69. The van der Waals surface area contributed by atoms with E-state index in [1.807, 2.05) is 61.5 Å². The molecule has 0 aliphatic heterocycles. The van der Waals surface area contributed by atoms with Gasteiger partial charge in [0.15, 0.2) is 10.9 Å². The van der Waals surface area contributed by atoms with Crippen molar-refractivity contribution < 1.29 is 9.53 Å². The molecule has 3 rings (SSSR count). The summed E-state index contributed by atoms with van der Waals surface area (Å²) in [6, 6.07) is 22.3. The lowest BCUT2D eigenvalue weighted by Crippen LogP contribution is -2.21. The van der Waals surface area contributed by atoms with E-state index in [9.17, 15) is 4.79 Å². The molecule has 136 valence electrons. The fraction of sp³-hybridized carbons (Fsp3) is 0.0909. The lowest BCUT2D eigenvalue weighted by molar-refractivity contribution is 0.103. The lowest BCUT2D eigenvalue weighted by atomic mass is 10.0. The average molecular weight is 376 g/mol. The van der Waals surface area contributed by atoms with Crippen molar-refractivity contribution in [1.29, 1.82) is 0 Å². The van der Waals surface area contributed by atoms with Crippen molar-refractivity contribution in [2.75, 3.05) is 17.7 Å². The molecule has 0 amide bonds. The molecule has 27 heavy (non-hydrogen) atoms. The third-order valence-electron chi connectivity index (χ3n) is 4.06. The van der Waals surface area contributed by atoms with E-state index in [-0.39, 0.29) is 5.78 Å². The number of ketones is 1. The molecule has 0 spiro atoms. The molecule has 2 N–H and O–H groups in total. The number of benzene rings is 3. The van der Waals surface area contributed by atoms with Gasteiger partial charge < -0.3 is 15.4 Å². The molecule has 0 aromatic heterocycles. The Hall–Kier alpha value is -3.18. The second kappa shape index (κ2) is 8.47. The summed E-state index contributed by atoms with van der Waals surface area (Å²) >= 11 is 5.44. The molecular formula is C22H20N2O2S. The molecule has 0 atom stereocenters. The van der Waals surface area contributed by atoms with Gasteiger partial charge in [-0.1, -0.05) is 48.5 Å². The smallest absolute Gasteiger partial charge is 0.195 e. The van der Waals surface area contributed by atoms with Gasteiger partial charge in [-0.2, -0.15) is 0 Å². The summed E-state index contributed by atoms with van der Waals surface area (Å²) in [6.45, 7) is 1.99. The summed E-state index contributed by atoms with van der Waals surface area (Å²) in [7, 11) is 1.61. The molecule has 0 bridgehead atoms. The summed E-state index contributed by atoms with van der Waals surface area (Å²) in [6.07, 6.45) is 0. The number of anilines is 2. The van der Waals surface area contributed by atoms with Gasteiger partial charge in [-0.15, -0.1) is 0 Å². The molecule has 3 aromatic carbocycles. The van der Waals surface area contributed by atoms with Crippen LogP contribution in [0.3, 0.4) is 0 Å². The highest BCUT2D eigenvalue weighted by Gasteiger charge is 2.14. The molecule has 0 heterocycles. The summed E-state index contributed by atoms with van der Waals surface area (Å²) in [5.74, 6) is 0.632. The summed E-state index contributed by atoms with van der Waals surface area (Å²) in [4.78, 5) is 12.8. The summed E-state index contributed by atoms with van der Waals surface area (Å²) in [5, 5.41) is 6.65. The highest BCUT2D eigenvalue weighted by molar-refractivity contribution is 7.80. The Morgan fingerprint density at radius 2 is 1.56 bits per heavy atom. The Bertz CT molecular complexity index is 971. The van der Waals surface area contributed by atoms with Gasteiger partial charge in [0.25, 0.3) is 0 Å². The van der Waals surface area contributed by atoms with Crippen LogP contribution in [0.2, 0.25) is 0 Å². The molecule has 0 saturated carbocycles. The third kappa shape index (κ3) is 4.51. The predicted molar refractivity (Wildman–Crippen MR) is 114 cm³/mol. The van der Waals surface area contributed by atoms with Crippen LogP contribution in [-0.2, 0) is 0 Å². The van der Waals surface area contributed by atoms with Crippen LogP contribution in [0.1, 0.15) is 21.5 Å². The van der Waals surface area contributed by atoms with Crippen LogP contribution in [0, 0.1) is 6.92 Å². The number of aryl methyl sites for hydroxylation is 1. The minimum Gasteiger partial charge on any atom is -0.495 e. The summed E-state index contributed by atoms with van der Waals surface area (Å²) < 4.78 is 5.37. The van der Waals surface area contributed by atoms with Crippen LogP contribution in [0.15, 0.2) is 72.8 Å². The van der Waals surface area contributed by atoms with Crippen LogP contribution in [0.5, 0.6) is 5.75 Å². The van der Waals surface area contributed by atoms with Crippen molar-refractivity contribution >= 4 is 34.5 Å². The maximum absolute atomic E-state index is 12.8. The van der Waals surface area contributed by atoms with Crippen molar-refractivity contribution in [1.82, 2.24) is 0 Å². The van der Waals surface area contributed by atoms with E-state index >= 15 is 0 Å². The number of carbonyl (C=O) groups is 1. The van der Waals surface area contributed by atoms with E-state index in [0.29, 0.717) is 27.7 Å². The van der Waals surface area contributed by atoms with Crippen LogP contribution >= 0.6 is 12.2 Å². The first-order chi connectivity index (χ1) is 13.1. The van der Waals surface area contributed by atoms with Crippen LogP contribution in [-0.4, -0.2) is 18.0 Å². The van der Waals surface area contributed by atoms with E-state index in [0.717, 1.165) is 11.3 Å². The number of nitrogens with one attached hydrogen (secondary N) is 2. The molecular weight excluding hydrogens is 356 g/mol. The van der Waals surface area contributed by atoms with Crippen LogP contribution in [0.4, 0.5) is 11.4 Å². The van der Waals surface area contributed by atoms with Gasteiger partial charge in [-0.3, -0.25) is 4.79 Å². The zero-order chi connectivity index (χ0) is 19.2. The van der Waals surface area contributed by atoms with Gasteiger partial charge in [0.05, 0.1) is 18.5 Å². The number of ether oxygens (including phenoxy) is 1. The number of rotatable bonds is 5. The Labute approximate surface area is 164 Å². The van der Waals surface area contributed by atoms with Gasteiger partial charge in [-0.25, -0.2) is 0 Å². The Morgan fingerprint density at radius 1 is 0.889 bits per heavy atom. The fourth-order valence-corrected chi connectivity index (χ4v) is 2.95. The van der Waals surface area contributed by atoms with Crippen molar-refractivity contribution in [2.45, 2.75) is 6.92 Å². The van der Waals surface area contributed by atoms with E-state index in [4.69, 9.17) is 17.0 Å². The molecule has 0 aliphatic carbocycles. The Morgan fingerprint density at radius 3 is 2.30 bits per heavy atom. The molecule has 3 aromatic rings. The maximum Gasteiger partial charge on any atom is 0.195 e. The first kappa shape index (κ1) is 18.6. The van der Waals surface area contributed by atoms with Crippen molar-refractivity contribution in [2.24, 2.45) is 0 Å². The number of hydrogen-bond acceptors (Lipinski definition) is 3. The standard InChI is InChI=1S/C22H20N2O2S/c1-15-12-13-20(26-2)19(14-15)24-22(27)23-18-11-7-6-10-17(18)21(25)16-8-4-3-5-9-16/h3-14H,1-2H3,(H2,23,24,27). The maximum atomic E-state index is 12.8. The molecule has 0 unspecified atom stereocenters. The van der Waals surface area contributed by atoms with Gasteiger partial charge >= 0.3 is 0 Å². The monoisotopic (exact) mass is 376 g/mol. The van der Waals surface area contributed by atoms with Gasteiger partial charge in [0.1, 0.15) is 5.75 Å². The lowest BCUT2D eigenvalue weighted by Gasteiger charge is -2.16. The molecule has 0 radical (unpaired) electrons. The van der Waals surface area contributed by atoms with Gasteiger partial charge in [-0.05, 0) is 49.0 Å². The Kier molecular flexibility index (Phi) is 5.84. The van der Waals surface area contributed by atoms with E-state index in [1.165, 1.54) is 0 Å². The SMILES string of the molecule is COc1ccc(C)cc1NC(=S)Nc1ccccc1C(=O)c1ccccc1. The third-order valence-corrected chi connectivity index (χ3v) is 4.26. The summed E-state index contributed by atoms with van der Waals surface area (Å²) in [5.41, 5.74) is 3.69. The minimum atomic E-state index is -0.0605. The number of para-hydroxylation sites is 1. The number of carbonyl (C=O) groups excluding carboxylic acids is 1. The first-order valence-electron chi connectivity index (χ1n) is 8.50. The predicted octanol–water partition coefficient (Wildman–Crippen LogP) is 5.04. The van der Waals surface area contributed by atoms with E-state index in [1.54, 1.807) is 25.3 Å². The minimum absolute atomic E-state index is 0.0605. The van der Waals surface area contributed by atoms with E-state index in [2.05, 4.69) is 10.6 Å². The molecule has 0 aliphatic rings. The molecule has 4 nitrogen and oxygen atoms in total.